The molecule has 160 valence electrons. The minimum absolute atomic E-state index is 0.256. The van der Waals surface area contributed by atoms with Gasteiger partial charge in [-0.3, -0.25) is 4.79 Å². The van der Waals surface area contributed by atoms with E-state index in [1.54, 1.807) is 18.2 Å². The number of rotatable bonds is 7. The van der Waals surface area contributed by atoms with Crippen LogP contribution in [0, 0.1) is 13.8 Å². The van der Waals surface area contributed by atoms with Crippen LogP contribution in [0.15, 0.2) is 48.5 Å². The van der Waals surface area contributed by atoms with Crippen LogP contribution >= 0.6 is 0 Å². The molecule has 2 aromatic carbocycles. The average Bonchev–Trinajstić information content (AvgIpc) is 2.77. The predicted molar refractivity (Wildman–Crippen MR) is 113 cm³/mol. The molecular formula is C23H23N3O5. The van der Waals surface area contributed by atoms with Crippen molar-refractivity contribution in [3.05, 3.63) is 71.0 Å². The molecule has 1 N–H and O–H groups in total. The molecule has 3 rings (SSSR count). The molecule has 0 fully saturated rings. The molecule has 1 heterocycles. The third-order valence-electron chi connectivity index (χ3n) is 4.75. The van der Waals surface area contributed by atoms with Crippen molar-refractivity contribution in [3.8, 4) is 0 Å². The van der Waals surface area contributed by atoms with Crippen LogP contribution < -0.4 is 5.32 Å². The Labute approximate surface area is 179 Å². The van der Waals surface area contributed by atoms with Gasteiger partial charge in [-0.15, -0.1) is 0 Å². The molecule has 8 nitrogen and oxygen atoms in total. The lowest BCUT2D eigenvalue weighted by atomic mass is 10.1. The number of aryl methyl sites for hydroxylation is 2. The van der Waals surface area contributed by atoms with E-state index in [0.29, 0.717) is 11.0 Å². The summed E-state index contributed by atoms with van der Waals surface area (Å²) in [6, 6.07) is 13.1. The van der Waals surface area contributed by atoms with Gasteiger partial charge in [-0.1, -0.05) is 30.3 Å². The molecule has 0 radical (unpaired) electrons. The van der Waals surface area contributed by atoms with E-state index in [0.717, 1.165) is 17.0 Å². The monoisotopic (exact) mass is 421 g/mol. The van der Waals surface area contributed by atoms with Gasteiger partial charge >= 0.3 is 11.9 Å². The lowest BCUT2D eigenvalue weighted by molar-refractivity contribution is -0.145. The van der Waals surface area contributed by atoms with Crippen LogP contribution in [0.25, 0.3) is 11.0 Å². The highest BCUT2D eigenvalue weighted by Gasteiger charge is 2.22. The third kappa shape index (κ3) is 5.63. The van der Waals surface area contributed by atoms with Crippen molar-refractivity contribution in [1.82, 2.24) is 15.3 Å². The summed E-state index contributed by atoms with van der Waals surface area (Å²) in [4.78, 5) is 45.5. The second kappa shape index (κ2) is 9.80. The number of hydrogen-bond acceptors (Lipinski definition) is 7. The Morgan fingerprint density at radius 1 is 0.968 bits per heavy atom. The molecule has 0 saturated heterocycles. The Bertz CT molecular complexity index is 1110. The van der Waals surface area contributed by atoms with Crippen LogP contribution in [0.4, 0.5) is 0 Å². The van der Waals surface area contributed by atoms with Crippen molar-refractivity contribution in [3.63, 3.8) is 0 Å². The zero-order valence-corrected chi connectivity index (χ0v) is 17.5. The first-order valence-corrected chi connectivity index (χ1v) is 9.70. The van der Waals surface area contributed by atoms with Crippen molar-refractivity contribution < 1.29 is 23.9 Å². The minimum Gasteiger partial charge on any atom is -0.467 e. The highest BCUT2D eigenvalue weighted by Crippen LogP contribution is 2.15. The number of carbonyl (C=O) groups is 3. The highest BCUT2D eigenvalue weighted by atomic mass is 16.5. The second-order valence-electron chi connectivity index (χ2n) is 7.01. The summed E-state index contributed by atoms with van der Waals surface area (Å²) in [5.74, 6) is -1.86. The summed E-state index contributed by atoms with van der Waals surface area (Å²) in [6.07, 6.45) is 0.259. The summed E-state index contributed by atoms with van der Waals surface area (Å²) in [7, 11) is 1.25. The van der Waals surface area contributed by atoms with Gasteiger partial charge in [-0.2, -0.15) is 0 Å². The number of aromatic nitrogens is 2. The van der Waals surface area contributed by atoms with Crippen LogP contribution in [-0.2, 0) is 25.5 Å². The Hall–Kier alpha value is -3.81. The number of esters is 2. The summed E-state index contributed by atoms with van der Waals surface area (Å²) in [5.41, 5.74) is 3.93. The van der Waals surface area contributed by atoms with Crippen LogP contribution in [0.2, 0.25) is 0 Å². The van der Waals surface area contributed by atoms with Crippen molar-refractivity contribution in [2.24, 2.45) is 0 Å². The van der Waals surface area contributed by atoms with Crippen LogP contribution in [0.5, 0.6) is 0 Å². The standard InChI is InChI=1S/C23H23N3O5/c1-14-15(2)25-19-12-17(9-10-18(19)24-14)22(28)31-13-21(27)26-20(23(29)30-3)11-16-7-5-4-6-8-16/h4-10,12,20H,11,13H2,1-3H3,(H,26,27)/t20-/m0/s1. The topological polar surface area (TPSA) is 107 Å². The average molecular weight is 421 g/mol. The summed E-state index contributed by atoms with van der Waals surface area (Å²) < 4.78 is 9.87. The number of nitrogens with zero attached hydrogens (tertiary/aromatic N) is 2. The molecule has 31 heavy (non-hydrogen) atoms. The van der Waals surface area contributed by atoms with E-state index in [1.165, 1.54) is 7.11 Å². The number of hydrogen-bond donors (Lipinski definition) is 1. The number of ether oxygens (including phenoxy) is 2. The Morgan fingerprint density at radius 3 is 2.32 bits per heavy atom. The van der Waals surface area contributed by atoms with Gasteiger partial charge < -0.3 is 14.8 Å². The number of benzene rings is 2. The molecule has 0 bridgehead atoms. The molecule has 1 aromatic heterocycles. The maximum atomic E-state index is 12.4. The molecule has 0 aliphatic carbocycles. The fourth-order valence-corrected chi connectivity index (χ4v) is 2.99. The normalized spacial score (nSPS) is 11.6. The zero-order valence-electron chi connectivity index (χ0n) is 17.5. The lowest BCUT2D eigenvalue weighted by Crippen LogP contribution is -2.44. The van der Waals surface area contributed by atoms with E-state index in [1.807, 2.05) is 44.2 Å². The van der Waals surface area contributed by atoms with E-state index < -0.39 is 30.5 Å². The first kappa shape index (κ1) is 21.9. The number of amides is 1. The Morgan fingerprint density at radius 2 is 1.65 bits per heavy atom. The minimum atomic E-state index is -0.888. The molecule has 0 saturated carbocycles. The molecular weight excluding hydrogens is 398 g/mol. The number of methoxy groups -OCH3 is 1. The third-order valence-corrected chi connectivity index (χ3v) is 4.75. The molecule has 1 amide bonds. The van der Waals surface area contributed by atoms with Crippen molar-refractivity contribution >= 4 is 28.9 Å². The van der Waals surface area contributed by atoms with Gasteiger partial charge in [0.2, 0.25) is 0 Å². The van der Waals surface area contributed by atoms with Crippen molar-refractivity contribution in [1.29, 1.82) is 0 Å². The fourth-order valence-electron chi connectivity index (χ4n) is 2.99. The molecule has 8 heteroatoms. The van der Waals surface area contributed by atoms with E-state index in [2.05, 4.69) is 15.3 Å². The van der Waals surface area contributed by atoms with Gasteiger partial charge in [0.25, 0.3) is 5.91 Å². The number of fused-ring (bicyclic) bond motifs is 1. The molecule has 1 atom stereocenters. The van der Waals surface area contributed by atoms with Crippen LogP contribution in [-0.4, -0.2) is 47.6 Å². The van der Waals surface area contributed by atoms with E-state index in [-0.39, 0.29) is 12.0 Å². The summed E-state index contributed by atoms with van der Waals surface area (Å²) in [5, 5.41) is 2.55. The highest BCUT2D eigenvalue weighted by molar-refractivity contribution is 5.95. The van der Waals surface area contributed by atoms with E-state index in [4.69, 9.17) is 9.47 Å². The molecule has 0 spiro atoms. The van der Waals surface area contributed by atoms with Gasteiger partial charge in [0.05, 0.1) is 35.1 Å². The van der Waals surface area contributed by atoms with E-state index >= 15 is 0 Å². The predicted octanol–water partition coefficient (Wildman–Crippen LogP) is 2.30. The first-order chi connectivity index (χ1) is 14.9. The first-order valence-electron chi connectivity index (χ1n) is 9.70. The quantitative estimate of drug-likeness (QED) is 0.583. The number of carbonyl (C=O) groups excluding carboxylic acids is 3. The van der Waals surface area contributed by atoms with Crippen molar-refractivity contribution in [2.45, 2.75) is 26.3 Å². The zero-order chi connectivity index (χ0) is 22.4. The smallest absolute Gasteiger partial charge is 0.338 e. The largest absolute Gasteiger partial charge is 0.467 e. The maximum Gasteiger partial charge on any atom is 0.338 e. The van der Waals surface area contributed by atoms with Crippen LogP contribution in [0.3, 0.4) is 0 Å². The Balaban J connectivity index is 1.62. The second-order valence-corrected chi connectivity index (χ2v) is 7.01. The lowest BCUT2D eigenvalue weighted by Gasteiger charge is -2.16. The van der Waals surface area contributed by atoms with E-state index in [9.17, 15) is 14.4 Å². The summed E-state index contributed by atoms with van der Waals surface area (Å²) in [6.45, 7) is 3.17. The fraction of sp³-hybridized carbons (Fsp3) is 0.261. The van der Waals surface area contributed by atoms with Crippen LogP contribution in [0.1, 0.15) is 27.3 Å². The maximum absolute atomic E-state index is 12.4. The van der Waals surface area contributed by atoms with Gasteiger partial charge in [-0.25, -0.2) is 19.6 Å². The van der Waals surface area contributed by atoms with Gasteiger partial charge in [0.15, 0.2) is 6.61 Å². The molecule has 0 aliphatic heterocycles. The SMILES string of the molecule is COC(=O)[C@H](Cc1ccccc1)NC(=O)COC(=O)c1ccc2nc(C)c(C)nc2c1. The van der Waals surface area contributed by atoms with Crippen molar-refractivity contribution in [2.75, 3.05) is 13.7 Å². The molecule has 3 aromatic rings. The van der Waals surface area contributed by atoms with Gasteiger partial charge in [0, 0.05) is 6.42 Å². The Kier molecular flexibility index (Phi) is 6.92. The van der Waals surface area contributed by atoms with Gasteiger partial charge in [0.1, 0.15) is 6.04 Å². The number of nitrogens with one attached hydrogen (secondary N) is 1. The molecule has 0 unspecified atom stereocenters. The van der Waals surface area contributed by atoms with Gasteiger partial charge in [-0.05, 0) is 37.6 Å². The summed E-state index contributed by atoms with van der Waals surface area (Å²) >= 11 is 0. The molecule has 0 aliphatic rings.